The molecule has 9 heteroatoms. The van der Waals surface area contributed by atoms with Crippen molar-refractivity contribution in [3.63, 3.8) is 0 Å². The molecular weight excluding hydrogens is 367 g/mol. The molecule has 0 aromatic carbocycles. The van der Waals surface area contributed by atoms with E-state index in [0.717, 1.165) is 37.6 Å². The third kappa shape index (κ3) is 2.18. The van der Waals surface area contributed by atoms with Gasteiger partial charge in [-0.15, -0.1) is 11.3 Å². The Balaban J connectivity index is 1.26. The fourth-order valence-electron chi connectivity index (χ4n) is 4.68. The van der Waals surface area contributed by atoms with Crippen LogP contribution in [-0.4, -0.2) is 28.9 Å². The van der Waals surface area contributed by atoms with Gasteiger partial charge in [0.05, 0.1) is 10.9 Å². The van der Waals surface area contributed by atoms with Gasteiger partial charge in [-0.2, -0.15) is 13.2 Å². The van der Waals surface area contributed by atoms with Crippen LogP contribution < -0.4 is 10.6 Å². The Hall–Kier alpha value is -1.64. The van der Waals surface area contributed by atoms with Gasteiger partial charge < -0.3 is 10.6 Å². The zero-order valence-electron chi connectivity index (χ0n) is 13.9. The van der Waals surface area contributed by atoms with Gasteiger partial charge in [0, 0.05) is 17.5 Å². The molecule has 0 bridgehead atoms. The number of carbonyl (C=O) groups excluding carboxylic acids is 2. The molecule has 2 atom stereocenters. The predicted molar refractivity (Wildman–Crippen MR) is 86.4 cm³/mol. The van der Waals surface area contributed by atoms with Crippen LogP contribution in [0.3, 0.4) is 0 Å². The second kappa shape index (κ2) is 4.99. The van der Waals surface area contributed by atoms with Crippen molar-refractivity contribution in [3.05, 3.63) is 16.1 Å². The number of amides is 2. The highest BCUT2D eigenvalue weighted by Crippen LogP contribution is 2.75. The van der Waals surface area contributed by atoms with Gasteiger partial charge in [-0.3, -0.25) is 9.59 Å². The molecule has 2 N–H and O–H groups in total. The first-order chi connectivity index (χ1) is 12.3. The molecule has 0 radical (unpaired) electrons. The lowest BCUT2D eigenvalue weighted by Crippen LogP contribution is -2.71. The van der Waals surface area contributed by atoms with E-state index in [2.05, 4.69) is 15.6 Å². The van der Waals surface area contributed by atoms with Crippen molar-refractivity contribution < 1.29 is 22.8 Å². The van der Waals surface area contributed by atoms with Gasteiger partial charge in [0.25, 0.3) is 5.91 Å². The van der Waals surface area contributed by atoms with E-state index in [1.807, 2.05) is 0 Å². The molecule has 0 aliphatic heterocycles. The number of halogens is 3. The molecule has 0 saturated heterocycles. The maximum absolute atomic E-state index is 13.0. The average Bonchev–Trinajstić information content (AvgIpc) is 3.28. The minimum Gasteiger partial charge on any atom is -0.352 e. The van der Waals surface area contributed by atoms with Crippen molar-refractivity contribution in [1.82, 2.24) is 15.6 Å². The summed E-state index contributed by atoms with van der Waals surface area (Å²) in [5.74, 6) is -0.0778. The lowest BCUT2D eigenvalue weighted by molar-refractivity contribution is -0.135. The van der Waals surface area contributed by atoms with Crippen LogP contribution in [0.4, 0.5) is 13.2 Å². The minimum atomic E-state index is -4.58. The van der Waals surface area contributed by atoms with E-state index in [4.69, 9.17) is 0 Å². The van der Waals surface area contributed by atoms with Crippen molar-refractivity contribution in [2.75, 3.05) is 0 Å². The van der Waals surface area contributed by atoms with Crippen LogP contribution in [0.5, 0.6) is 0 Å². The van der Waals surface area contributed by atoms with Gasteiger partial charge in [0.2, 0.25) is 5.91 Å². The molecule has 4 aliphatic carbocycles. The van der Waals surface area contributed by atoms with Crippen LogP contribution in [-0.2, 0) is 11.0 Å². The van der Waals surface area contributed by atoms with E-state index in [1.54, 1.807) is 0 Å². The fraction of sp³-hybridized carbons (Fsp3) is 0.706. The van der Waals surface area contributed by atoms with E-state index in [1.165, 1.54) is 0 Å². The van der Waals surface area contributed by atoms with E-state index < -0.39 is 22.7 Å². The summed E-state index contributed by atoms with van der Waals surface area (Å²) >= 11 is 0.426. The predicted octanol–water partition coefficient (Wildman–Crippen LogP) is 2.73. The summed E-state index contributed by atoms with van der Waals surface area (Å²) in [6, 6.07) is -0.189. The van der Waals surface area contributed by atoms with Crippen LogP contribution in [0.1, 0.15) is 53.9 Å². The molecule has 1 aromatic heterocycles. The monoisotopic (exact) mass is 385 g/mol. The average molecular weight is 385 g/mol. The Morgan fingerprint density at radius 1 is 1.19 bits per heavy atom. The Morgan fingerprint density at radius 2 is 1.85 bits per heavy atom. The number of alkyl halides is 3. The number of fused-ring (bicyclic) bond motifs is 1. The van der Waals surface area contributed by atoms with E-state index in [-0.39, 0.29) is 28.8 Å². The van der Waals surface area contributed by atoms with Crippen LogP contribution >= 0.6 is 11.3 Å². The highest BCUT2D eigenvalue weighted by molar-refractivity contribution is 7.10. The van der Waals surface area contributed by atoms with Crippen molar-refractivity contribution >= 4 is 23.2 Å². The van der Waals surface area contributed by atoms with Crippen LogP contribution in [0.2, 0.25) is 0 Å². The summed E-state index contributed by atoms with van der Waals surface area (Å²) in [5, 5.41) is 5.89. The summed E-state index contributed by atoms with van der Waals surface area (Å²) in [7, 11) is 0. The number of nitrogens with one attached hydrogen (secondary N) is 2. The smallest absolute Gasteiger partial charge is 0.352 e. The topological polar surface area (TPSA) is 71.1 Å². The first-order valence-corrected chi connectivity index (χ1v) is 9.77. The Morgan fingerprint density at radius 3 is 2.38 bits per heavy atom. The van der Waals surface area contributed by atoms with Crippen LogP contribution in [0.25, 0.3) is 0 Å². The fourth-order valence-corrected chi connectivity index (χ4v) is 5.34. The molecule has 26 heavy (non-hydrogen) atoms. The second-order valence-corrected chi connectivity index (χ2v) is 9.02. The molecule has 1 aromatic rings. The number of rotatable bonds is 4. The number of nitrogens with zero attached hydrogens (tertiary/aromatic N) is 1. The summed E-state index contributed by atoms with van der Waals surface area (Å²) in [5.41, 5.74) is 0.195. The summed E-state index contributed by atoms with van der Waals surface area (Å²) in [6.45, 7) is 0. The first-order valence-electron chi connectivity index (χ1n) is 8.89. The zero-order valence-corrected chi connectivity index (χ0v) is 14.7. The van der Waals surface area contributed by atoms with E-state index in [9.17, 15) is 22.8 Å². The molecule has 5 nitrogen and oxygen atoms in total. The Bertz CT molecular complexity index is 795. The van der Waals surface area contributed by atoms with Crippen molar-refractivity contribution in [1.29, 1.82) is 0 Å². The molecule has 4 fully saturated rings. The van der Waals surface area contributed by atoms with Crippen LogP contribution in [0, 0.1) is 16.7 Å². The molecule has 2 amide bonds. The standard InChI is InChI=1S/C17H18F3N3O2S/c18-17(19,20)12-11(21-7-26-12)13(24)22-9-4-10(15(9)2-1-3-15)23-14(25)16-5-8(16)6-16/h7-10H,1-6H2,(H,22,24)(H,23,25). The third-order valence-corrected chi connectivity index (χ3v) is 7.80. The lowest BCUT2D eigenvalue weighted by atomic mass is 9.49. The maximum atomic E-state index is 13.0. The van der Waals surface area contributed by atoms with Crippen LogP contribution in [0.15, 0.2) is 5.51 Å². The van der Waals surface area contributed by atoms with Crippen molar-refractivity contribution in [2.45, 2.75) is 56.8 Å². The quantitative estimate of drug-likeness (QED) is 0.837. The molecule has 4 saturated carbocycles. The lowest BCUT2D eigenvalue weighted by Gasteiger charge is -2.61. The zero-order chi connectivity index (χ0) is 18.3. The summed E-state index contributed by atoms with van der Waals surface area (Å²) in [4.78, 5) is 27.3. The number of thiazole rings is 1. The highest BCUT2D eigenvalue weighted by Gasteiger charge is 2.75. The molecule has 140 valence electrons. The van der Waals surface area contributed by atoms with Gasteiger partial charge in [-0.05, 0) is 38.0 Å². The number of aromatic nitrogens is 1. The minimum absolute atomic E-state index is 0.0165. The molecular formula is C17H18F3N3O2S. The largest absolute Gasteiger partial charge is 0.427 e. The Labute approximate surface area is 151 Å². The maximum Gasteiger partial charge on any atom is 0.427 e. The molecule has 1 heterocycles. The molecule has 2 unspecified atom stereocenters. The van der Waals surface area contributed by atoms with Gasteiger partial charge >= 0.3 is 6.18 Å². The van der Waals surface area contributed by atoms with E-state index in [0.29, 0.717) is 23.7 Å². The van der Waals surface area contributed by atoms with Gasteiger partial charge in [-0.25, -0.2) is 4.98 Å². The molecule has 1 spiro atoms. The van der Waals surface area contributed by atoms with E-state index >= 15 is 0 Å². The van der Waals surface area contributed by atoms with Gasteiger partial charge in [-0.1, -0.05) is 6.42 Å². The summed E-state index contributed by atoms with van der Waals surface area (Å²) in [6.07, 6.45) is 0.736. The normalized spacial score (nSPS) is 35.7. The van der Waals surface area contributed by atoms with Gasteiger partial charge in [0.1, 0.15) is 4.88 Å². The molecule has 5 rings (SSSR count). The second-order valence-electron chi connectivity index (χ2n) is 8.16. The molecule has 4 aliphatic rings. The third-order valence-electron chi connectivity index (χ3n) is 6.93. The number of hydrogen-bond donors (Lipinski definition) is 2. The van der Waals surface area contributed by atoms with Crippen molar-refractivity contribution in [2.24, 2.45) is 16.7 Å². The van der Waals surface area contributed by atoms with Crippen molar-refractivity contribution in [3.8, 4) is 0 Å². The summed E-state index contributed by atoms with van der Waals surface area (Å²) < 4.78 is 38.9. The number of carbonyl (C=O) groups is 2. The SMILES string of the molecule is O=C(NC1CC(NC(=O)C23CC2C3)C12CCC2)c1ncsc1C(F)(F)F. The Kier molecular flexibility index (Phi) is 3.17. The first kappa shape index (κ1) is 16.5. The van der Waals surface area contributed by atoms with Gasteiger partial charge in [0.15, 0.2) is 5.69 Å². The number of hydrogen-bond acceptors (Lipinski definition) is 4. The highest BCUT2D eigenvalue weighted by atomic mass is 32.1.